The van der Waals surface area contributed by atoms with Gasteiger partial charge < -0.3 is 5.32 Å². The van der Waals surface area contributed by atoms with E-state index in [1.807, 2.05) is 0 Å². The fourth-order valence-electron chi connectivity index (χ4n) is 3.27. The third kappa shape index (κ3) is 3.82. The molecule has 0 saturated heterocycles. The van der Waals surface area contributed by atoms with Crippen molar-refractivity contribution in [1.29, 1.82) is 0 Å². The quantitative estimate of drug-likeness (QED) is 0.499. The first-order valence-electron chi connectivity index (χ1n) is 8.64. The molecule has 0 spiro atoms. The Morgan fingerprint density at radius 3 is 3.04 bits per heavy atom. The molecule has 1 N–H and O–H groups in total. The SMILES string of the molecule is C[C@@H]1CCc2c(sc3ncnc(SCC(=O)Nc4ccc(F)cc4F)c23)C1. The Hall–Kier alpha value is -2.06. The van der Waals surface area contributed by atoms with E-state index in [0.29, 0.717) is 5.92 Å². The van der Waals surface area contributed by atoms with Crippen molar-refractivity contribution in [3.8, 4) is 0 Å². The number of thioether (sulfide) groups is 1. The maximum absolute atomic E-state index is 13.7. The topological polar surface area (TPSA) is 54.9 Å². The van der Waals surface area contributed by atoms with Gasteiger partial charge in [-0.05, 0) is 42.9 Å². The minimum absolute atomic E-state index is 0.0308. The predicted molar refractivity (Wildman–Crippen MR) is 104 cm³/mol. The van der Waals surface area contributed by atoms with Gasteiger partial charge in [0.25, 0.3) is 0 Å². The standard InChI is InChI=1S/C19H17F2N3OS2/c1-10-2-4-12-15(6-10)27-19-17(12)18(22-9-23-19)26-8-16(25)24-14-5-3-11(20)7-13(14)21/h3,5,7,9-10H,2,4,6,8H2,1H3,(H,24,25)/t10-/m1/s1. The van der Waals surface area contributed by atoms with Crippen LogP contribution in [0, 0.1) is 17.6 Å². The van der Waals surface area contributed by atoms with E-state index in [0.717, 1.165) is 46.6 Å². The molecule has 0 saturated carbocycles. The van der Waals surface area contributed by atoms with Gasteiger partial charge in [0.1, 0.15) is 27.8 Å². The molecule has 2 heterocycles. The molecule has 1 aliphatic carbocycles. The third-order valence-corrected chi connectivity index (χ3v) is 6.75. The van der Waals surface area contributed by atoms with E-state index >= 15 is 0 Å². The Bertz CT molecular complexity index is 1020. The van der Waals surface area contributed by atoms with Crippen molar-refractivity contribution in [2.24, 2.45) is 5.92 Å². The number of carbonyl (C=O) groups excluding carboxylic acids is 1. The highest BCUT2D eigenvalue weighted by atomic mass is 32.2. The summed E-state index contributed by atoms with van der Waals surface area (Å²) in [6.07, 6.45) is 4.73. The average molecular weight is 405 g/mol. The van der Waals surface area contributed by atoms with Crippen molar-refractivity contribution in [3.05, 3.63) is 46.6 Å². The minimum atomic E-state index is -0.793. The molecule has 1 atom stereocenters. The number of aromatic nitrogens is 2. The molecule has 2 aromatic heterocycles. The number of nitrogens with zero attached hydrogens (tertiary/aromatic N) is 2. The summed E-state index contributed by atoms with van der Waals surface area (Å²) in [6, 6.07) is 3.07. The van der Waals surface area contributed by atoms with Crippen LogP contribution in [0.3, 0.4) is 0 Å². The summed E-state index contributed by atoms with van der Waals surface area (Å²) in [4.78, 5) is 23.3. The maximum atomic E-state index is 13.7. The van der Waals surface area contributed by atoms with Gasteiger partial charge >= 0.3 is 0 Å². The van der Waals surface area contributed by atoms with Gasteiger partial charge in [0.2, 0.25) is 5.91 Å². The zero-order valence-corrected chi connectivity index (χ0v) is 16.2. The van der Waals surface area contributed by atoms with Crippen molar-refractivity contribution in [2.45, 2.75) is 31.2 Å². The first kappa shape index (κ1) is 18.3. The lowest BCUT2D eigenvalue weighted by atomic mass is 9.89. The van der Waals surface area contributed by atoms with E-state index in [2.05, 4.69) is 22.2 Å². The highest BCUT2D eigenvalue weighted by molar-refractivity contribution is 8.00. The number of anilines is 1. The van der Waals surface area contributed by atoms with Crippen molar-refractivity contribution in [2.75, 3.05) is 11.1 Å². The summed E-state index contributed by atoms with van der Waals surface area (Å²) < 4.78 is 26.6. The fourth-order valence-corrected chi connectivity index (χ4v) is 5.51. The van der Waals surface area contributed by atoms with E-state index in [1.165, 1.54) is 34.6 Å². The highest BCUT2D eigenvalue weighted by Crippen LogP contribution is 2.40. The summed E-state index contributed by atoms with van der Waals surface area (Å²) in [5.74, 6) is -1.08. The van der Waals surface area contributed by atoms with Gasteiger partial charge in [-0.3, -0.25) is 4.79 Å². The maximum Gasteiger partial charge on any atom is 0.234 e. The lowest BCUT2D eigenvalue weighted by Gasteiger charge is -2.18. The molecule has 27 heavy (non-hydrogen) atoms. The Morgan fingerprint density at radius 2 is 2.22 bits per heavy atom. The van der Waals surface area contributed by atoms with Crippen molar-refractivity contribution in [3.63, 3.8) is 0 Å². The van der Waals surface area contributed by atoms with Gasteiger partial charge in [-0.1, -0.05) is 18.7 Å². The number of rotatable bonds is 4. The molecular formula is C19H17F2N3OS2. The largest absolute Gasteiger partial charge is 0.323 e. The second-order valence-electron chi connectivity index (χ2n) is 6.67. The highest BCUT2D eigenvalue weighted by Gasteiger charge is 2.23. The molecule has 1 amide bonds. The Morgan fingerprint density at radius 1 is 1.37 bits per heavy atom. The van der Waals surface area contributed by atoms with Crippen LogP contribution in [-0.4, -0.2) is 21.6 Å². The van der Waals surface area contributed by atoms with Gasteiger partial charge in [-0.25, -0.2) is 18.7 Å². The summed E-state index contributed by atoms with van der Waals surface area (Å²) in [5, 5.41) is 4.31. The van der Waals surface area contributed by atoms with Crippen LogP contribution in [0.25, 0.3) is 10.2 Å². The molecule has 140 valence electrons. The molecule has 8 heteroatoms. The van der Waals surface area contributed by atoms with Crippen molar-refractivity contribution < 1.29 is 13.6 Å². The van der Waals surface area contributed by atoms with E-state index in [-0.39, 0.29) is 17.3 Å². The number of carbonyl (C=O) groups is 1. The second-order valence-corrected chi connectivity index (χ2v) is 8.72. The minimum Gasteiger partial charge on any atom is -0.323 e. The van der Waals surface area contributed by atoms with Gasteiger partial charge in [-0.2, -0.15) is 0 Å². The summed E-state index contributed by atoms with van der Waals surface area (Å²) in [7, 11) is 0. The first-order valence-corrected chi connectivity index (χ1v) is 10.4. The summed E-state index contributed by atoms with van der Waals surface area (Å²) in [5.41, 5.74) is 1.28. The normalized spacial score (nSPS) is 16.3. The first-order chi connectivity index (χ1) is 13.0. The Kier molecular flexibility index (Phi) is 5.10. The van der Waals surface area contributed by atoms with E-state index in [4.69, 9.17) is 0 Å². The van der Waals surface area contributed by atoms with Gasteiger partial charge in [0.15, 0.2) is 0 Å². The number of benzene rings is 1. The molecule has 0 fully saturated rings. The number of fused-ring (bicyclic) bond motifs is 3. The van der Waals surface area contributed by atoms with Crippen LogP contribution in [0.1, 0.15) is 23.8 Å². The van der Waals surface area contributed by atoms with Gasteiger partial charge in [0, 0.05) is 16.3 Å². The van der Waals surface area contributed by atoms with Crippen LogP contribution in [0.5, 0.6) is 0 Å². The fraction of sp³-hybridized carbons (Fsp3) is 0.316. The number of amides is 1. The Balaban J connectivity index is 1.51. The molecule has 1 aromatic carbocycles. The lowest BCUT2D eigenvalue weighted by molar-refractivity contribution is -0.113. The summed E-state index contributed by atoms with van der Waals surface area (Å²) >= 11 is 3.02. The smallest absolute Gasteiger partial charge is 0.234 e. The number of thiophene rings is 1. The number of aryl methyl sites for hydroxylation is 1. The Labute approximate surface area is 163 Å². The third-order valence-electron chi connectivity index (χ3n) is 4.60. The summed E-state index contributed by atoms with van der Waals surface area (Å²) in [6.45, 7) is 2.26. The molecule has 0 unspecified atom stereocenters. The van der Waals surface area contributed by atoms with E-state index in [9.17, 15) is 13.6 Å². The van der Waals surface area contributed by atoms with Crippen LogP contribution in [0.2, 0.25) is 0 Å². The van der Waals surface area contributed by atoms with Gasteiger partial charge in [-0.15, -0.1) is 11.3 Å². The zero-order chi connectivity index (χ0) is 19.0. The number of hydrogen-bond acceptors (Lipinski definition) is 5. The molecule has 0 radical (unpaired) electrons. The lowest BCUT2D eigenvalue weighted by Crippen LogP contribution is -2.15. The van der Waals surface area contributed by atoms with Crippen LogP contribution in [0.15, 0.2) is 29.6 Å². The second kappa shape index (κ2) is 7.52. The van der Waals surface area contributed by atoms with Crippen LogP contribution >= 0.6 is 23.1 Å². The molecule has 3 aromatic rings. The molecule has 0 aliphatic heterocycles. The molecule has 0 bridgehead atoms. The molecular weight excluding hydrogens is 388 g/mol. The number of halogens is 2. The molecule has 4 rings (SSSR count). The van der Waals surface area contributed by atoms with Crippen LogP contribution < -0.4 is 5.32 Å². The average Bonchev–Trinajstić information content (AvgIpc) is 3.00. The van der Waals surface area contributed by atoms with E-state index in [1.54, 1.807) is 11.3 Å². The van der Waals surface area contributed by atoms with Crippen molar-refractivity contribution >= 4 is 44.9 Å². The number of nitrogens with one attached hydrogen (secondary N) is 1. The van der Waals surface area contributed by atoms with Crippen molar-refractivity contribution in [1.82, 2.24) is 9.97 Å². The van der Waals surface area contributed by atoms with Gasteiger partial charge in [0.05, 0.1) is 11.4 Å². The number of hydrogen-bond donors (Lipinski definition) is 1. The molecule has 4 nitrogen and oxygen atoms in total. The monoisotopic (exact) mass is 405 g/mol. The van der Waals surface area contributed by atoms with E-state index < -0.39 is 11.6 Å². The van der Waals surface area contributed by atoms with Crippen LogP contribution in [-0.2, 0) is 17.6 Å². The zero-order valence-electron chi connectivity index (χ0n) is 14.6. The molecule has 1 aliphatic rings. The van der Waals surface area contributed by atoms with Crippen LogP contribution in [0.4, 0.5) is 14.5 Å². The predicted octanol–water partition coefficient (Wildman–Crippen LogP) is 4.83.